The van der Waals surface area contributed by atoms with Crippen molar-refractivity contribution in [2.75, 3.05) is 0 Å². The lowest BCUT2D eigenvalue weighted by atomic mass is 10.2. The van der Waals surface area contributed by atoms with Crippen molar-refractivity contribution >= 4 is 5.69 Å². The van der Waals surface area contributed by atoms with Gasteiger partial charge >= 0.3 is 11.9 Å². The van der Waals surface area contributed by atoms with Gasteiger partial charge in [0, 0.05) is 0 Å². The smallest absolute Gasteiger partial charge is 0.419 e. The molecule has 0 aromatic heterocycles. The summed E-state index contributed by atoms with van der Waals surface area (Å²) in [5.74, 6) is -2.43. The van der Waals surface area contributed by atoms with Crippen molar-refractivity contribution in [1.82, 2.24) is 0 Å². The molecule has 2 rings (SSSR count). The highest BCUT2D eigenvalue weighted by Gasteiger charge is 2.35. The molecule has 0 fully saturated rings. The number of nitrogens with zero attached hydrogens (tertiary/aromatic N) is 1. The summed E-state index contributed by atoms with van der Waals surface area (Å²) in [5.41, 5.74) is -2.13. The summed E-state index contributed by atoms with van der Waals surface area (Å²) < 4.78 is 56.7. The van der Waals surface area contributed by atoms with Gasteiger partial charge in [-0.15, -0.1) is 0 Å². The average Bonchev–Trinajstić information content (AvgIpc) is 2.37. The largest absolute Gasteiger partial charge is 0.449 e. The number of halogens is 4. The Hall–Kier alpha value is -2.64. The molecule has 8 heteroatoms. The van der Waals surface area contributed by atoms with Gasteiger partial charge in [-0.1, -0.05) is 18.2 Å². The highest BCUT2D eigenvalue weighted by molar-refractivity contribution is 5.50. The van der Waals surface area contributed by atoms with E-state index in [0.717, 1.165) is 36.4 Å². The van der Waals surface area contributed by atoms with Gasteiger partial charge in [0.25, 0.3) is 0 Å². The maximum atomic E-state index is 13.4. The monoisotopic (exact) mass is 301 g/mol. The van der Waals surface area contributed by atoms with Crippen molar-refractivity contribution in [3.63, 3.8) is 0 Å². The molecule has 4 nitrogen and oxygen atoms in total. The van der Waals surface area contributed by atoms with Crippen LogP contribution in [0.3, 0.4) is 0 Å². The lowest BCUT2D eigenvalue weighted by Gasteiger charge is -2.13. The first-order chi connectivity index (χ1) is 9.80. The molecule has 0 saturated heterocycles. The van der Waals surface area contributed by atoms with Crippen LogP contribution in [0.4, 0.5) is 23.2 Å². The molecular formula is C13H7F4NO3. The topological polar surface area (TPSA) is 52.4 Å². The molecule has 2 aromatic rings. The first kappa shape index (κ1) is 14.8. The number of hydrogen-bond acceptors (Lipinski definition) is 3. The molecule has 0 atom stereocenters. The lowest BCUT2D eigenvalue weighted by molar-refractivity contribution is -0.388. The van der Waals surface area contributed by atoms with Crippen LogP contribution in [-0.4, -0.2) is 4.92 Å². The van der Waals surface area contributed by atoms with Crippen molar-refractivity contribution in [2.45, 2.75) is 6.18 Å². The molecule has 2 aromatic carbocycles. The standard InChI is InChI=1S/C13H7F4NO3/c14-9-5-3-7-11(12(9)18(19)20)21-10-6-2-1-4-8(10)13(15,16)17/h1-7H. The normalized spacial score (nSPS) is 11.2. The molecule has 0 heterocycles. The van der Waals surface area contributed by atoms with E-state index in [1.807, 2.05) is 0 Å². The van der Waals surface area contributed by atoms with Gasteiger partial charge in [-0.25, -0.2) is 0 Å². The summed E-state index contributed by atoms with van der Waals surface area (Å²) in [7, 11) is 0. The summed E-state index contributed by atoms with van der Waals surface area (Å²) in [4.78, 5) is 9.72. The summed E-state index contributed by atoms with van der Waals surface area (Å²) in [6.45, 7) is 0. The Morgan fingerprint density at radius 1 is 1.00 bits per heavy atom. The van der Waals surface area contributed by atoms with Crippen molar-refractivity contribution in [3.8, 4) is 11.5 Å². The highest BCUT2D eigenvalue weighted by Crippen LogP contribution is 2.40. The minimum Gasteiger partial charge on any atom is -0.449 e. The number of para-hydroxylation sites is 2. The fraction of sp³-hybridized carbons (Fsp3) is 0.0769. The molecule has 110 valence electrons. The summed E-state index contributed by atoms with van der Waals surface area (Å²) in [5, 5.41) is 10.8. The number of hydrogen-bond donors (Lipinski definition) is 0. The van der Waals surface area contributed by atoms with E-state index in [-0.39, 0.29) is 0 Å². The van der Waals surface area contributed by atoms with Gasteiger partial charge in [-0.3, -0.25) is 10.1 Å². The molecule has 21 heavy (non-hydrogen) atoms. The predicted octanol–water partition coefficient (Wildman–Crippen LogP) is 4.55. The van der Waals surface area contributed by atoms with E-state index in [0.29, 0.717) is 0 Å². The van der Waals surface area contributed by atoms with Gasteiger partial charge in [-0.2, -0.15) is 17.6 Å². The maximum Gasteiger partial charge on any atom is 0.419 e. The molecular weight excluding hydrogens is 294 g/mol. The fourth-order valence-electron chi connectivity index (χ4n) is 1.66. The van der Waals surface area contributed by atoms with Crippen LogP contribution in [-0.2, 0) is 6.18 Å². The Kier molecular flexibility index (Phi) is 3.79. The Labute approximate surface area is 115 Å². The first-order valence-electron chi connectivity index (χ1n) is 5.57. The third-order valence-corrected chi connectivity index (χ3v) is 2.54. The minimum absolute atomic E-state index is 0.600. The molecule has 0 spiro atoms. The van der Waals surface area contributed by atoms with Crippen LogP contribution in [0.2, 0.25) is 0 Å². The minimum atomic E-state index is -4.70. The van der Waals surface area contributed by atoms with Crippen molar-refractivity contribution < 1.29 is 27.2 Å². The number of rotatable bonds is 3. The molecule has 0 saturated carbocycles. The van der Waals surface area contributed by atoms with Crippen LogP contribution in [0.25, 0.3) is 0 Å². The molecule has 0 aliphatic carbocycles. The average molecular weight is 301 g/mol. The highest BCUT2D eigenvalue weighted by atomic mass is 19.4. The Morgan fingerprint density at radius 3 is 2.24 bits per heavy atom. The second kappa shape index (κ2) is 5.39. The lowest BCUT2D eigenvalue weighted by Crippen LogP contribution is -2.07. The van der Waals surface area contributed by atoms with Gasteiger partial charge in [0.2, 0.25) is 11.6 Å². The van der Waals surface area contributed by atoms with Gasteiger partial charge in [0.15, 0.2) is 0 Å². The number of ether oxygens (including phenoxy) is 1. The number of nitro groups is 1. The van der Waals surface area contributed by atoms with E-state index in [4.69, 9.17) is 4.74 Å². The summed E-state index contributed by atoms with van der Waals surface area (Å²) in [6, 6.07) is 7.13. The molecule has 0 unspecified atom stereocenters. The number of alkyl halides is 3. The number of benzene rings is 2. The predicted molar refractivity (Wildman–Crippen MR) is 64.6 cm³/mol. The Morgan fingerprint density at radius 2 is 1.62 bits per heavy atom. The molecule has 0 radical (unpaired) electrons. The van der Waals surface area contributed by atoms with E-state index >= 15 is 0 Å². The number of nitro benzene ring substituents is 1. The maximum absolute atomic E-state index is 13.4. The van der Waals surface area contributed by atoms with Crippen LogP contribution in [0.15, 0.2) is 42.5 Å². The van der Waals surface area contributed by atoms with Gasteiger partial charge in [-0.05, 0) is 24.3 Å². The van der Waals surface area contributed by atoms with Crippen LogP contribution in [0, 0.1) is 15.9 Å². The summed E-state index contributed by atoms with van der Waals surface area (Å²) >= 11 is 0. The SMILES string of the molecule is O=[N+]([O-])c1c(F)cccc1Oc1ccccc1C(F)(F)F. The molecule has 0 aliphatic rings. The Balaban J connectivity index is 2.50. The van der Waals surface area contributed by atoms with E-state index in [1.165, 1.54) is 6.07 Å². The van der Waals surface area contributed by atoms with E-state index in [9.17, 15) is 27.7 Å². The first-order valence-corrected chi connectivity index (χ1v) is 5.57. The van der Waals surface area contributed by atoms with Crippen molar-refractivity contribution in [2.24, 2.45) is 0 Å². The van der Waals surface area contributed by atoms with Crippen LogP contribution in [0.5, 0.6) is 11.5 Å². The molecule has 0 N–H and O–H groups in total. The third kappa shape index (κ3) is 3.10. The van der Waals surface area contributed by atoms with Gasteiger partial charge in [0.1, 0.15) is 5.75 Å². The van der Waals surface area contributed by atoms with E-state index < -0.39 is 39.7 Å². The van der Waals surface area contributed by atoms with Crippen molar-refractivity contribution in [3.05, 3.63) is 64.0 Å². The Bertz CT molecular complexity index is 685. The molecule has 0 bridgehead atoms. The zero-order chi connectivity index (χ0) is 15.6. The van der Waals surface area contributed by atoms with Gasteiger partial charge < -0.3 is 4.74 Å². The quantitative estimate of drug-likeness (QED) is 0.475. The second-order valence-corrected chi connectivity index (χ2v) is 3.94. The second-order valence-electron chi connectivity index (χ2n) is 3.94. The van der Waals surface area contributed by atoms with Crippen LogP contribution in [0.1, 0.15) is 5.56 Å². The van der Waals surface area contributed by atoms with Crippen LogP contribution >= 0.6 is 0 Å². The fourth-order valence-corrected chi connectivity index (χ4v) is 1.66. The van der Waals surface area contributed by atoms with E-state index in [1.54, 1.807) is 0 Å². The zero-order valence-electron chi connectivity index (χ0n) is 10.2. The van der Waals surface area contributed by atoms with Gasteiger partial charge in [0.05, 0.1) is 10.5 Å². The summed E-state index contributed by atoms with van der Waals surface area (Å²) in [6.07, 6.45) is -4.70. The van der Waals surface area contributed by atoms with E-state index in [2.05, 4.69) is 0 Å². The molecule has 0 amide bonds. The zero-order valence-corrected chi connectivity index (χ0v) is 10.2. The van der Waals surface area contributed by atoms with Crippen LogP contribution < -0.4 is 4.74 Å². The third-order valence-electron chi connectivity index (χ3n) is 2.54. The molecule has 0 aliphatic heterocycles. The van der Waals surface area contributed by atoms with Crippen molar-refractivity contribution in [1.29, 1.82) is 0 Å².